The van der Waals surface area contributed by atoms with E-state index in [0.29, 0.717) is 0 Å². The largest absolute Gasteiger partial charge is 0.387 e. The highest BCUT2D eigenvalue weighted by Gasteiger charge is 2.48. The molecule has 2 rings (SSSR count). The summed E-state index contributed by atoms with van der Waals surface area (Å²) in [7, 11) is -13.3. The maximum atomic E-state index is 13.4. The molecule has 1 amide bonds. The van der Waals surface area contributed by atoms with E-state index in [1.54, 1.807) is 0 Å². The van der Waals surface area contributed by atoms with Gasteiger partial charge in [0.05, 0.1) is 6.61 Å². The molecule has 13 nitrogen and oxygen atoms in total. The summed E-state index contributed by atoms with van der Waals surface area (Å²) < 4.78 is 57.9. The molecule has 1 fully saturated rings. The average molecular weight is 521 g/mol. The van der Waals surface area contributed by atoms with Gasteiger partial charge in [-0.05, 0) is 18.2 Å². The van der Waals surface area contributed by atoms with Crippen LogP contribution in [0.5, 0.6) is 0 Å². The number of carbonyl (C=O) groups is 1. The first kappa shape index (κ1) is 27.2. The van der Waals surface area contributed by atoms with Gasteiger partial charge in [-0.2, -0.15) is 0 Å². The number of likely N-dealkylation sites (N-methyl/N-ethyl adjacent to an activating group) is 1. The quantitative estimate of drug-likeness (QED) is 0.234. The summed E-state index contributed by atoms with van der Waals surface area (Å²) in [6, 6.07) is 4.95. The van der Waals surface area contributed by atoms with Crippen LogP contribution in [0.4, 0.5) is 10.1 Å². The lowest BCUT2D eigenvalue weighted by Gasteiger charge is -2.23. The van der Waals surface area contributed by atoms with Crippen molar-refractivity contribution >= 4 is 34.2 Å². The van der Waals surface area contributed by atoms with Crippen LogP contribution in [-0.2, 0) is 27.8 Å². The van der Waals surface area contributed by atoms with E-state index < -0.39 is 77.1 Å². The van der Waals surface area contributed by atoms with Crippen LogP contribution in [-0.4, -0.2) is 85.6 Å². The molecule has 0 spiro atoms. The first-order valence-electron chi connectivity index (χ1n) is 8.88. The van der Waals surface area contributed by atoms with Crippen molar-refractivity contribution in [2.24, 2.45) is 0 Å². The van der Waals surface area contributed by atoms with Gasteiger partial charge in [-0.25, -0.2) is 4.39 Å². The van der Waals surface area contributed by atoms with E-state index in [0.717, 1.165) is 17.0 Å². The lowest BCUT2D eigenvalue weighted by molar-refractivity contribution is -0.133. The zero-order valence-electron chi connectivity index (χ0n) is 16.5. The molecule has 32 heavy (non-hydrogen) atoms. The topological polar surface area (TPSA) is 211 Å². The third kappa shape index (κ3) is 7.51. The molecule has 1 aromatic carbocycles. The Balaban J connectivity index is 2.02. The van der Waals surface area contributed by atoms with E-state index >= 15 is 0 Å². The molecule has 1 heterocycles. The second-order valence-electron chi connectivity index (χ2n) is 7.18. The summed E-state index contributed by atoms with van der Waals surface area (Å²) in [6.07, 6.45) is -6.66. The van der Waals surface area contributed by atoms with Crippen LogP contribution < -0.4 is 4.90 Å². The first-order chi connectivity index (χ1) is 14.5. The van der Waals surface area contributed by atoms with Crippen molar-refractivity contribution in [1.82, 2.24) is 0 Å². The zero-order valence-corrected chi connectivity index (χ0v) is 19.2. The number of anilines is 1. The zero-order chi connectivity index (χ0) is 24.5. The highest BCUT2D eigenvalue weighted by molar-refractivity contribution is 7.79. The number of amides is 1. The van der Waals surface area contributed by atoms with Crippen molar-refractivity contribution in [3.8, 4) is 0 Å². The van der Waals surface area contributed by atoms with Crippen LogP contribution in [0.2, 0.25) is 0 Å². The Morgan fingerprint density at radius 3 is 2.31 bits per heavy atom. The van der Waals surface area contributed by atoms with Gasteiger partial charge in [-0.1, -0.05) is 6.07 Å². The molecule has 0 radical (unpaired) electrons. The predicted molar refractivity (Wildman–Crippen MR) is 108 cm³/mol. The van der Waals surface area contributed by atoms with Gasteiger partial charge in [0.25, 0.3) is 5.91 Å². The summed E-state index contributed by atoms with van der Waals surface area (Å²) in [4.78, 5) is 50.4. The van der Waals surface area contributed by atoms with Gasteiger partial charge >= 0.3 is 15.2 Å². The Kier molecular flexibility index (Phi) is 8.58. The first-order valence-corrected chi connectivity index (χ1v) is 14.5. The van der Waals surface area contributed by atoms with Crippen LogP contribution in [0.25, 0.3) is 0 Å². The molecule has 1 saturated heterocycles. The van der Waals surface area contributed by atoms with Crippen molar-refractivity contribution in [1.29, 1.82) is 0 Å². The smallest absolute Gasteiger partial charge is 0.337 e. The van der Waals surface area contributed by atoms with Gasteiger partial charge in [0.2, 0.25) is 7.37 Å². The molecular weight excluding hydrogens is 498 g/mol. The number of hydrogen-bond donors (Lipinski definition) is 6. The Labute approximate surface area is 181 Å². The summed E-state index contributed by atoms with van der Waals surface area (Å²) in [5, 5.41) is 20.2. The van der Waals surface area contributed by atoms with Crippen LogP contribution in [0, 0.1) is 5.82 Å². The van der Waals surface area contributed by atoms with Gasteiger partial charge in [0.1, 0.15) is 35.9 Å². The molecule has 0 aliphatic carbocycles. The van der Waals surface area contributed by atoms with E-state index in [2.05, 4.69) is 4.52 Å². The van der Waals surface area contributed by atoms with E-state index in [1.165, 1.54) is 19.2 Å². The Hall–Kier alpha value is -1.01. The second kappa shape index (κ2) is 10.1. The van der Waals surface area contributed by atoms with E-state index in [-0.39, 0.29) is 5.69 Å². The summed E-state index contributed by atoms with van der Waals surface area (Å²) in [5.74, 6) is -4.49. The average Bonchev–Trinajstić information content (AvgIpc) is 2.90. The second-order valence-corrected chi connectivity index (χ2v) is 14.0. The normalized spacial score (nSPS) is 27.5. The number of ether oxygens (including phenoxy) is 1. The third-order valence-corrected chi connectivity index (χ3v) is 11.4. The molecule has 6 N–H and O–H groups in total. The maximum Gasteiger partial charge on any atom is 0.337 e. The Bertz CT molecular complexity index is 986. The summed E-state index contributed by atoms with van der Waals surface area (Å²) >= 11 is 0. The minimum absolute atomic E-state index is 0.128. The number of hydrogen-bond acceptors (Lipinski definition) is 8. The number of nitrogens with zero attached hydrogens (tertiary/aromatic N) is 1. The molecule has 1 aliphatic rings. The Morgan fingerprint density at radius 1 is 1.12 bits per heavy atom. The molecule has 3 unspecified atom stereocenters. The van der Waals surface area contributed by atoms with Gasteiger partial charge < -0.3 is 43.9 Å². The van der Waals surface area contributed by atoms with Crippen LogP contribution in [0.3, 0.4) is 0 Å². The number of aliphatic hydroxyl groups is 2. The lowest BCUT2D eigenvalue weighted by Crippen LogP contribution is -2.43. The highest BCUT2D eigenvalue weighted by Crippen LogP contribution is 2.63. The number of rotatable bonds is 9. The molecule has 182 valence electrons. The van der Waals surface area contributed by atoms with Gasteiger partial charge in [-0.15, -0.1) is 0 Å². The maximum absolute atomic E-state index is 13.4. The lowest BCUT2D eigenvalue weighted by atomic mass is 10.1. The fraction of sp³-hybridized carbons (Fsp3) is 0.533. The van der Waals surface area contributed by atoms with Crippen molar-refractivity contribution in [3.05, 3.63) is 30.1 Å². The molecule has 17 heteroatoms. The minimum atomic E-state index is -4.95. The minimum Gasteiger partial charge on any atom is -0.387 e. The van der Waals surface area contributed by atoms with Gasteiger partial charge in [0.15, 0.2) is 6.10 Å². The third-order valence-electron chi connectivity index (χ3n) is 4.38. The van der Waals surface area contributed by atoms with Crippen LogP contribution in [0.1, 0.15) is 0 Å². The van der Waals surface area contributed by atoms with Gasteiger partial charge in [-0.3, -0.25) is 18.5 Å². The molecule has 1 aliphatic heterocycles. The van der Waals surface area contributed by atoms with Crippen LogP contribution in [0.15, 0.2) is 24.3 Å². The van der Waals surface area contributed by atoms with Crippen molar-refractivity contribution in [3.63, 3.8) is 0 Å². The van der Waals surface area contributed by atoms with Gasteiger partial charge in [0, 0.05) is 12.7 Å². The predicted octanol–water partition coefficient (Wildman–Crippen LogP) is -0.157. The van der Waals surface area contributed by atoms with Crippen molar-refractivity contribution in [2.45, 2.75) is 24.4 Å². The number of carbonyl (C=O) groups excluding carboxylic acids is 1. The fourth-order valence-corrected chi connectivity index (χ4v) is 9.34. The van der Waals surface area contributed by atoms with E-state index in [1.807, 2.05) is 0 Å². The molecule has 0 bridgehead atoms. The highest BCUT2D eigenvalue weighted by atomic mass is 31.3. The number of aliphatic hydroxyl groups excluding tert-OH is 2. The summed E-state index contributed by atoms with van der Waals surface area (Å²) in [6.45, 7) is -0.893. The molecule has 0 saturated carbocycles. The van der Waals surface area contributed by atoms with E-state index in [9.17, 15) is 42.9 Å². The van der Waals surface area contributed by atoms with E-state index in [4.69, 9.17) is 14.5 Å². The molecular formula is C15H23FNO12P3. The standard InChI is InChI=1S/C15H23FNO12P3/c1-17(10-4-2-3-9(16)5-10)15(20)14-13(19)12(18)11(29-14)6-28-32(26,27)8-30(21,22)7-31(23,24)25/h2-5,11-14,18-19H,6-8H2,1H3,(H,21,22)(H,26,27)(H2,23,24,25)/t11-,12-,13-,14?/m1/s1. The molecule has 0 aromatic heterocycles. The SMILES string of the molecule is CN(C(=O)C1O[C@H](COP(=O)(O)CP(=O)(O)CP(=O)(O)O)[C@@H](O)[C@H]1O)c1cccc(F)c1. The fourth-order valence-electron chi connectivity index (χ4n) is 2.94. The monoisotopic (exact) mass is 521 g/mol. The Morgan fingerprint density at radius 2 is 1.75 bits per heavy atom. The van der Waals surface area contributed by atoms with Crippen molar-refractivity contribution < 1.29 is 61.9 Å². The number of halogens is 1. The van der Waals surface area contributed by atoms with Crippen LogP contribution >= 0.6 is 22.6 Å². The molecule has 6 atom stereocenters. The number of benzene rings is 1. The molecule has 1 aromatic rings. The van der Waals surface area contributed by atoms with Crippen molar-refractivity contribution in [2.75, 3.05) is 30.4 Å². The summed E-state index contributed by atoms with van der Waals surface area (Å²) in [5.41, 5.74) is 0.128.